The van der Waals surface area contributed by atoms with E-state index in [-0.39, 0.29) is 11.4 Å². The molecule has 1 aromatic carbocycles. The first-order chi connectivity index (χ1) is 9.09. The van der Waals surface area contributed by atoms with Gasteiger partial charge in [-0.15, -0.1) is 0 Å². The molecular formula is C13H15NO4S. The molecule has 5 nitrogen and oxygen atoms in total. The molecule has 0 spiro atoms. The number of furan rings is 1. The highest BCUT2D eigenvalue weighted by atomic mass is 32.2. The molecule has 19 heavy (non-hydrogen) atoms. The lowest BCUT2D eigenvalue weighted by Gasteiger charge is -2.13. The Balaban J connectivity index is 2.39. The fourth-order valence-electron chi connectivity index (χ4n) is 1.80. The molecule has 2 rings (SSSR count). The number of hydrogen-bond donors (Lipinski definition) is 1. The van der Waals surface area contributed by atoms with E-state index >= 15 is 0 Å². The Bertz CT molecular complexity index is 617. The molecule has 0 amide bonds. The highest BCUT2D eigenvalue weighted by Gasteiger charge is 2.30. The average Bonchev–Trinajstić information content (AvgIpc) is 2.93. The van der Waals surface area contributed by atoms with Crippen LogP contribution in [-0.4, -0.2) is 22.1 Å². The molecule has 1 heterocycles. The zero-order valence-corrected chi connectivity index (χ0v) is 11.3. The summed E-state index contributed by atoms with van der Waals surface area (Å²) >= 11 is 0. The van der Waals surface area contributed by atoms with Crippen LogP contribution in [0.2, 0.25) is 0 Å². The number of ether oxygens (including phenoxy) is 1. The van der Waals surface area contributed by atoms with Crippen LogP contribution in [0.1, 0.15) is 11.0 Å². The Morgan fingerprint density at radius 3 is 2.42 bits per heavy atom. The van der Waals surface area contributed by atoms with Crippen molar-refractivity contribution in [3.05, 3.63) is 48.4 Å². The molecular weight excluding hydrogens is 266 g/mol. The Morgan fingerprint density at radius 2 is 1.95 bits per heavy atom. The van der Waals surface area contributed by atoms with E-state index in [9.17, 15) is 8.42 Å². The summed E-state index contributed by atoms with van der Waals surface area (Å²) in [4.78, 5) is 0.195. The van der Waals surface area contributed by atoms with Crippen LogP contribution in [0.3, 0.4) is 0 Å². The van der Waals surface area contributed by atoms with Crippen LogP contribution < -0.4 is 10.5 Å². The highest BCUT2D eigenvalue weighted by molar-refractivity contribution is 7.91. The van der Waals surface area contributed by atoms with Crippen molar-refractivity contribution in [1.82, 2.24) is 0 Å². The lowest BCUT2D eigenvalue weighted by atomic mass is 10.3. The molecule has 0 saturated heterocycles. The van der Waals surface area contributed by atoms with Crippen LogP contribution in [0, 0.1) is 0 Å². The van der Waals surface area contributed by atoms with Crippen LogP contribution in [0.15, 0.2) is 52.0 Å². The van der Waals surface area contributed by atoms with E-state index in [1.165, 1.54) is 25.5 Å². The van der Waals surface area contributed by atoms with Gasteiger partial charge < -0.3 is 14.9 Å². The minimum absolute atomic E-state index is 0.0398. The number of hydrogen-bond acceptors (Lipinski definition) is 5. The molecule has 0 saturated carbocycles. The second-order valence-corrected chi connectivity index (χ2v) is 6.09. The molecule has 102 valence electrons. The van der Waals surface area contributed by atoms with Crippen molar-refractivity contribution in [2.75, 3.05) is 13.7 Å². The summed E-state index contributed by atoms with van der Waals surface area (Å²) < 4.78 is 35.1. The van der Waals surface area contributed by atoms with E-state index in [1.54, 1.807) is 24.3 Å². The first kappa shape index (κ1) is 13.6. The zero-order chi connectivity index (χ0) is 13.9. The van der Waals surface area contributed by atoms with Gasteiger partial charge in [-0.3, -0.25) is 0 Å². The van der Waals surface area contributed by atoms with Gasteiger partial charge in [-0.05, 0) is 36.4 Å². The number of nitrogens with two attached hydrogens (primary N) is 1. The quantitative estimate of drug-likeness (QED) is 0.903. The second-order valence-electron chi connectivity index (χ2n) is 3.96. The fraction of sp³-hybridized carbons (Fsp3) is 0.231. The Kier molecular flexibility index (Phi) is 3.92. The molecule has 0 aliphatic heterocycles. The number of methoxy groups -OCH3 is 1. The predicted octanol–water partition coefficient (Wildman–Crippen LogP) is 1.76. The minimum atomic E-state index is -3.57. The fourth-order valence-corrected chi connectivity index (χ4v) is 3.34. The smallest absolute Gasteiger partial charge is 0.189 e. The number of rotatable bonds is 5. The van der Waals surface area contributed by atoms with Gasteiger partial charge in [-0.25, -0.2) is 8.42 Å². The second kappa shape index (κ2) is 5.46. The van der Waals surface area contributed by atoms with Crippen LogP contribution in [0.4, 0.5) is 0 Å². The molecule has 0 radical (unpaired) electrons. The van der Waals surface area contributed by atoms with E-state index in [0.717, 1.165) is 0 Å². The minimum Gasteiger partial charge on any atom is -0.497 e. The molecule has 2 aromatic rings. The Labute approximate surface area is 111 Å². The first-order valence-corrected chi connectivity index (χ1v) is 7.25. The maximum Gasteiger partial charge on any atom is 0.189 e. The van der Waals surface area contributed by atoms with E-state index < -0.39 is 15.1 Å². The summed E-state index contributed by atoms with van der Waals surface area (Å²) in [6.07, 6.45) is 1.43. The van der Waals surface area contributed by atoms with Gasteiger partial charge in [0.25, 0.3) is 0 Å². The molecule has 0 bridgehead atoms. The van der Waals surface area contributed by atoms with Crippen LogP contribution in [0.5, 0.6) is 5.75 Å². The molecule has 2 N–H and O–H groups in total. The van der Waals surface area contributed by atoms with Crippen LogP contribution in [-0.2, 0) is 9.84 Å². The first-order valence-electron chi connectivity index (χ1n) is 5.71. The Morgan fingerprint density at radius 1 is 1.26 bits per heavy atom. The maximum absolute atomic E-state index is 12.5. The topological polar surface area (TPSA) is 82.5 Å². The van der Waals surface area contributed by atoms with Crippen molar-refractivity contribution >= 4 is 9.84 Å². The van der Waals surface area contributed by atoms with Gasteiger partial charge in [0, 0.05) is 6.54 Å². The zero-order valence-electron chi connectivity index (χ0n) is 10.4. The maximum atomic E-state index is 12.5. The van der Waals surface area contributed by atoms with Gasteiger partial charge in [0.15, 0.2) is 9.84 Å². The summed E-state index contributed by atoms with van der Waals surface area (Å²) in [7, 11) is -2.05. The summed E-state index contributed by atoms with van der Waals surface area (Å²) in [6, 6.07) is 9.45. The highest BCUT2D eigenvalue weighted by Crippen LogP contribution is 2.29. The van der Waals surface area contributed by atoms with Crippen molar-refractivity contribution in [2.45, 2.75) is 10.1 Å². The SMILES string of the molecule is COc1ccc(S(=O)(=O)[C@@H](CN)c2ccco2)cc1. The summed E-state index contributed by atoms with van der Waals surface area (Å²) in [5.41, 5.74) is 5.58. The van der Waals surface area contributed by atoms with Crippen molar-refractivity contribution in [3.8, 4) is 5.75 Å². The van der Waals surface area contributed by atoms with Crippen molar-refractivity contribution in [2.24, 2.45) is 5.73 Å². The molecule has 0 aliphatic carbocycles. The van der Waals surface area contributed by atoms with Crippen molar-refractivity contribution in [1.29, 1.82) is 0 Å². The van der Waals surface area contributed by atoms with E-state index in [4.69, 9.17) is 14.9 Å². The molecule has 0 unspecified atom stereocenters. The number of benzene rings is 1. The largest absolute Gasteiger partial charge is 0.497 e. The van der Waals surface area contributed by atoms with Crippen molar-refractivity contribution in [3.63, 3.8) is 0 Å². The lowest BCUT2D eigenvalue weighted by molar-refractivity contribution is 0.414. The monoisotopic (exact) mass is 281 g/mol. The van der Waals surface area contributed by atoms with Gasteiger partial charge in [-0.1, -0.05) is 0 Å². The molecule has 1 aromatic heterocycles. The van der Waals surface area contributed by atoms with Crippen molar-refractivity contribution < 1.29 is 17.6 Å². The predicted molar refractivity (Wildman–Crippen MR) is 70.7 cm³/mol. The third kappa shape index (κ3) is 2.64. The molecule has 0 aliphatic rings. The van der Waals surface area contributed by atoms with E-state index in [1.807, 2.05) is 0 Å². The van der Waals surface area contributed by atoms with Crippen LogP contribution >= 0.6 is 0 Å². The van der Waals surface area contributed by atoms with Gasteiger partial charge >= 0.3 is 0 Å². The summed E-state index contributed by atoms with van der Waals surface area (Å²) in [5, 5.41) is -0.879. The average molecular weight is 281 g/mol. The Hall–Kier alpha value is -1.79. The van der Waals surface area contributed by atoms with Gasteiger partial charge in [0.05, 0.1) is 18.3 Å². The molecule has 6 heteroatoms. The number of sulfone groups is 1. The molecule has 1 atom stereocenters. The summed E-state index contributed by atoms with van der Waals surface area (Å²) in [6.45, 7) is -0.0398. The standard InChI is InChI=1S/C13H15NO4S/c1-17-10-4-6-11(7-5-10)19(15,16)13(9-14)12-3-2-8-18-12/h2-8,13H,9,14H2,1H3/t13-/m0/s1. The lowest BCUT2D eigenvalue weighted by Crippen LogP contribution is -2.21. The third-order valence-corrected chi connectivity index (χ3v) is 4.94. The normalized spacial score (nSPS) is 13.2. The van der Waals surface area contributed by atoms with Crippen LogP contribution in [0.25, 0.3) is 0 Å². The summed E-state index contributed by atoms with van der Waals surface area (Å²) in [5.74, 6) is 0.944. The van der Waals surface area contributed by atoms with Gasteiger partial charge in [0.1, 0.15) is 16.8 Å². The molecule has 0 fully saturated rings. The third-order valence-electron chi connectivity index (χ3n) is 2.84. The van der Waals surface area contributed by atoms with E-state index in [2.05, 4.69) is 0 Å². The van der Waals surface area contributed by atoms with E-state index in [0.29, 0.717) is 11.5 Å². The van der Waals surface area contributed by atoms with Gasteiger partial charge in [-0.2, -0.15) is 0 Å². The van der Waals surface area contributed by atoms with Gasteiger partial charge in [0.2, 0.25) is 0 Å².